The molecule has 0 amide bonds. The lowest BCUT2D eigenvalue weighted by Crippen LogP contribution is -1.97. The van der Waals surface area contributed by atoms with Crippen molar-refractivity contribution in [1.82, 2.24) is 4.98 Å². The zero-order valence-electron chi connectivity index (χ0n) is 10.3. The lowest BCUT2D eigenvalue weighted by Gasteiger charge is -2.11. The van der Waals surface area contributed by atoms with Crippen molar-refractivity contribution in [3.8, 4) is 17.7 Å². The largest absolute Gasteiger partial charge is 0.437 e. The van der Waals surface area contributed by atoms with Crippen LogP contribution in [-0.2, 0) is 0 Å². The predicted octanol–water partition coefficient (Wildman–Crippen LogP) is 2.94. The number of aromatic nitrogens is 1. The van der Waals surface area contributed by atoms with Crippen molar-refractivity contribution in [2.24, 2.45) is 0 Å². The third-order valence-corrected chi connectivity index (χ3v) is 2.77. The van der Waals surface area contributed by atoms with Crippen LogP contribution in [0.4, 0.5) is 5.69 Å². The SMILES string of the molecule is Cc1ccnc(Oc2cccc(N)c2C)c1C#N. The number of pyridine rings is 1. The average molecular weight is 239 g/mol. The highest BCUT2D eigenvalue weighted by atomic mass is 16.5. The standard InChI is InChI=1S/C14H13N3O/c1-9-6-7-17-14(11(9)8-15)18-13-5-3-4-12(16)10(13)2/h3-7H,16H2,1-2H3. The van der Waals surface area contributed by atoms with E-state index in [1.165, 1.54) is 0 Å². The van der Waals surface area contributed by atoms with Crippen molar-refractivity contribution < 1.29 is 4.74 Å². The Morgan fingerprint density at radius 1 is 1.28 bits per heavy atom. The zero-order valence-corrected chi connectivity index (χ0v) is 10.3. The first-order valence-electron chi connectivity index (χ1n) is 5.52. The van der Waals surface area contributed by atoms with Crippen LogP contribution in [0, 0.1) is 25.2 Å². The summed E-state index contributed by atoms with van der Waals surface area (Å²) in [6, 6.07) is 9.29. The molecule has 2 rings (SSSR count). The topological polar surface area (TPSA) is 71.9 Å². The van der Waals surface area contributed by atoms with Crippen LogP contribution < -0.4 is 10.5 Å². The average Bonchev–Trinajstić information content (AvgIpc) is 2.35. The van der Waals surface area contributed by atoms with Crippen LogP contribution in [0.1, 0.15) is 16.7 Å². The van der Waals surface area contributed by atoms with E-state index in [-0.39, 0.29) is 0 Å². The molecule has 4 heteroatoms. The summed E-state index contributed by atoms with van der Waals surface area (Å²) in [4.78, 5) is 4.09. The molecule has 4 nitrogen and oxygen atoms in total. The first-order valence-corrected chi connectivity index (χ1v) is 5.52. The van der Waals surface area contributed by atoms with Gasteiger partial charge in [0.25, 0.3) is 0 Å². The molecule has 2 aromatic rings. The van der Waals surface area contributed by atoms with Crippen molar-refractivity contribution in [3.63, 3.8) is 0 Å². The molecule has 0 atom stereocenters. The molecule has 0 radical (unpaired) electrons. The minimum Gasteiger partial charge on any atom is -0.437 e. The maximum atomic E-state index is 9.11. The highest BCUT2D eigenvalue weighted by Crippen LogP contribution is 2.29. The van der Waals surface area contributed by atoms with Crippen molar-refractivity contribution in [2.45, 2.75) is 13.8 Å². The Morgan fingerprint density at radius 2 is 2.06 bits per heavy atom. The lowest BCUT2D eigenvalue weighted by atomic mass is 10.1. The maximum absolute atomic E-state index is 9.11. The molecule has 0 saturated heterocycles. The van der Waals surface area contributed by atoms with E-state index in [1.54, 1.807) is 30.5 Å². The first kappa shape index (κ1) is 11.9. The van der Waals surface area contributed by atoms with Crippen molar-refractivity contribution in [2.75, 3.05) is 5.73 Å². The number of hydrogen-bond acceptors (Lipinski definition) is 4. The van der Waals surface area contributed by atoms with E-state index in [4.69, 9.17) is 15.7 Å². The molecule has 1 heterocycles. The second-order valence-electron chi connectivity index (χ2n) is 3.99. The minimum absolute atomic E-state index is 0.311. The summed E-state index contributed by atoms with van der Waals surface area (Å²) >= 11 is 0. The van der Waals surface area contributed by atoms with Crippen molar-refractivity contribution in [3.05, 3.63) is 47.2 Å². The molecule has 0 saturated carbocycles. The normalized spacial score (nSPS) is 9.83. The summed E-state index contributed by atoms with van der Waals surface area (Å²) in [6.07, 6.45) is 1.62. The summed E-state index contributed by atoms with van der Waals surface area (Å²) in [6.45, 7) is 3.71. The van der Waals surface area contributed by atoms with Gasteiger partial charge < -0.3 is 10.5 Å². The van der Waals surface area contributed by atoms with E-state index in [0.29, 0.717) is 22.9 Å². The first-order chi connectivity index (χ1) is 8.63. The molecule has 0 aliphatic rings. The third kappa shape index (κ3) is 2.11. The van der Waals surface area contributed by atoms with Gasteiger partial charge in [-0.25, -0.2) is 4.98 Å². The van der Waals surface area contributed by atoms with Gasteiger partial charge in [0, 0.05) is 17.4 Å². The summed E-state index contributed by atoms with van der Waals surface area (Å²) in [5.74, 6) is 0.927. The van der Waals surface area contributed by atoms with Gasteiger partial charge in [-0.1, -0.05) is 6.07 Å². The highest BCUT2D eigenvalue weighted by molar-refractivity contribution is 5.55. The summed E-state index contributed by atoms with van der Waals surface area (Å²) < 4.78 is 5.68. The number of hydrogen-bond donors (Lipinski definition) is 1. The number of nitrogen functional groups attached to an aromatic ring is 1. The zero-order chi connectivity index (χ0) is 13.1. The Balaban J connectivity index is 2.44. The molecular weight excluding hydrogens is 226 g/mol. The molecule has 1 aromatic carbocycles. The molecule has 0 unspecified atom stereocenters. The number of nitrogens with two attached hydrogens (primary N) is 1. The molecule has 18 heavy (non-hydrogen) atoms. The monoisotopic (exact) mass is 239 g/mol. The summed E-state index contributed by atoms with van der Waals surface area (Å²) in [5.41, 5.74) is 8.58. The van der Waals surface area contributed by atoms with E-state index >= 15 is 0 Å². The van der Waals surface area contributed by atoms with E-state index < -0.39 is 0 Å². The van der Waals surface area contributed by atoms with E-state index in [0.717, 1.165) is 11.1 Å². The van der Waals surface area contributed by atoms with Crippen LogP contribution in [0.5, 0.6) is 11.6 Å². The molecule has 0 spiro atoms. The van der Waals surface area contributed by atoms with Gasteiger partial charge in [-0.15, -0.1) is 0 Å². The highest BCUT2D eigenvalue weighted by Gasteiger charge is 2.11. The minimum atomic E-state index is 0.311. The number of ether oxygens (including phenoxy) is 1. The van der Waals surface area contributed by atoms with Crippen LogP contribution in [0.3, 0.4) is 0 Å². The Morgan fingerprint density at radius 3 is 2.78 bits per heavy atom. The number of nitriles is 1. The number of benzene rings is 1. The fourth-order valence-electron chi connectivity index (χ4n) is 1.59. The maximum Gasteiger partial charge on any atom is 0.237 e. The number of nitrogens with zero attached hydrogens (tertiary/aromatic N) is 2. The summed E-state index contributed by atoms with van der Waals surface area (Å²) in [7, 11) is 0. The van der Waals surface area contributed by atoms with Gasteiger partial charge in [-0.2, -0.15) is 5.26 Å². The van der Waals surface area contributed by atoms with Crippen LogP contribution in [0.15, 0.2) is 30.5 Å². The van der Waals surface area contributed by atoms with Crippen molar-refractivity contribution in [1.29, 1.82) is 5.26 Å². The van der Waals surface area contributed by atoms with E-state index in [9.17, 15) is 0 Å². The molecule has 2 N–H and O–H groups in total. The number of rotatable bonds is 2. The molecule has 0 bridgehead atoms. The Kier molecular flexibility index (Phi) is 3.16. The molecular formula is C14H13N3O. The lowest BCUT2D eigenvalue weighted by molar-refractivity contribution is 0.457. The second kappa shape index (κ2) is 4.76. The van der Waals surface area contributed by atoms with Crippen LogP contribution in [0.2, 0.25) is 0 Å². The quantitative estimate of drug-likeness (QED) is 0.818. The third-order valence-electron chi connectivity index (χ3n) is 2.77. The fourth-order valence-corrected chi connectivity index (χ4v) is 1.59. The van der Waals surface area contributed by atoms with Gasteiger partial charge in [0.1, 0.15) is 17.4 Å². The fraction of sp³-hybridized carbons (Fsp3) is 0.143. The van der Waals surface area contributed by atoms with E-state index in [2.05, 4.69) is 11.1 Å². The molecule has 0 aliphatic carbocycles. The molecule has 1 aromatic heterocycles. The van der Waals surface area contributed by atoms with Gasteiger partial charge in [0.15, 0.2) is 0 Å². The molecule has 0 aliphatic heterocycles. The Bertz CT molecular complexity index is 629. The summed E-state index contributed by atoms with van der Waals surface area (Å²) in [5, 5.41) is 9.11. The number of aryl methyl sites for hydroxylation is 1. The van der Waals surface area contributed by atoms with Gasteiger partial charge in [0.05, 0.1) is 0 Å². The van der Waals surface area contributed by atoms with Crippen LogP contribution in [0.25, 0.3) is 0 Å². The molecule has 0 fully saturated rings. The second-order valence-corrected chi connectivity index (χ2v) is 3.99. The Labute approximate surface area is 106 Å². The van der Waals surface area contributed by atoms with Crippen LogP contribution >= 0.6 is 0 Å². The van der Waals surface area contributed by atoms with E-state index in [1.807, 2.05) is 13.8 Å². The molecule has 90 valence electrons. The van der Waals surface area contributed by atoms with Crippen LogP contribution in [-0.4, -0.2) is 4.98 Å². The Hall–Kier alpha value is -2.54. The smallest absolute Gasteiger partial charge is 0.237 e. The van der Waals surface area contributed by atoms with Gasteiger partial charge in [0.2, 0.25) is 5.88 Å². The van der Waals surface area contributed by atoms with Crippen molar-refractivity contribution >= 4 is 5.69 Å². The number of anilines is 1. The van der Waals surface area contributed by atoms with Gasteiger partial charge in [-0.3, -0.25) is 0 Å². The van der Waals surface area contributed by atoms with Gasteiger partial charge in [-0.05, 0) is 37.6 Å². The van der Waals surface area contributed by atoms with Gasteiger partial charge >= 0.3 is 0 Å². The predicted molar refractivity (Wildman–Crippen MR) is 69.4 cm³/mol.